The SMILES string of the molecule is CCc1ccc(CNCC2CCCOC2)cc1. The fraction of sp³-hybridized carbons (Fsp3) is 0.600. The Morgan fingerprint density at radius 3 is 2.65 bits per heavy atom. The van der Waals surface area contributed by atoms with E-state index in [9.17, 15) is 0 Å². The molecule has 94 valence electrons. The second-order valence-corrected chi connectivity index (χ2v) is 4.88. The summed E-state index contributed by atoms with van der Waals surface area (Å²) in [6.07, 6.45) is 3.65. The summed E-state index contributed by atoms with van der Waals surface area (Å²) >= 11 is 0. The molecule has 0 aliphatic carbocycles. The van der Waals surface area contributed by atoms with Crippen molar-refractivity contribution in [3.05, 3.63) is 35.4 Å². The molecule has 1 N–H and O–H groups in total. The lowest BCUT2D eigenvalue weighted by Gasteiger charge is -2.22. The van der Waals surface area contributed by atoms with Crippen LogP contribution in [0.25, 0.3) is 0 Å². The van der Waals surface area contributed by atoms with E-state index in [2.05, 4.69) is 36.5 Å². The van der Waals surface area contributed by atoms with Gasteiger partial charge in [-0.05, 0) is 36.3 Å². The number of hydrogen-bond donors (Lipinski definition) is 1. The van der Waals surface area contributed by atoms with E-state index in [-0.39, 0.29) is 0 Å². The van der Waals surface area contributed by atoms with Crippen LogP contribution in [0, 0.1) is 5.92 Å². The van der Waals surface area contributed by atoms with Gasteiger partial charge in [-0.25, -0.2) is 0 Å². The normalized spacial score (nSPS) is 20.4. The van der Waals surface area contributed by atoms with Crippen molar-refractivity contribution in [2.75, 3.05) is 19.8 Å². The lowest BCUT2D eigenvalue weighted by Crippen LogP contribution is -2.28. The monoisotopic (exact) mass is 233 g/mol. The van der Waals surface area contributed by atoms with Crippen molar-refractivity contribution >= 4 is 0 Å². The molecule has 2 rings (SSSR count). The first-order chi connectivity index (χ1) is 8.38. The van der Waals surface area contributed by atoms with Crippen LogP contribution in [0.5, 0.6) is 0 Å². The third-order valence-electron chi connectivity index (χ3n) is 3.45. The van der Waals surface area contributed by atoms with Crippen molar-refractivity contribution < 1.29 is 4.74 Å². The maximum Gasteiger partial charge on any atom is 0.0506 e. The van der Waals surface area contributed by atoms with E-state index >= 15 is 0 Å². The van der Waals surface area contributed by atoms with Crippen LogP contribution in [0.4, 0.5) is 0 Å². The van der Waals surface area contributed by atoms with E-state index in [0.717, 1.165) is 32.7 Å². The minimum absolute atomic E-state index is 0.707. The Morgan fingerprint density at radius 2 is 2.00 bits per heavy atom. The van der Waals surface area contributed by atoms with Gasteiger partial charge in [0, 0.05) is 19.7 Å². The highest BCUT2D eigenvalue weighted by molar-refractivity contribution is 5.22. The van der Waals surface area contributed by atoms with E-state index in [1.807, 2.05) is 0 Å². The van der Waals surface area contributed by atoms with Crippen LogP contribution in [0.1, 0.15) is 30.9 Å². The number of ether oxygens (including phenoxy) is 1. The molecule has 2 nitrogen and oxygen atoms in total. The summed E-state index contributed by atoms with van der Waals surface area (Å²) in [6, 6.07) is 8.90. The smallest absolute Gasteiger partial charge is 0.0506 e. The van der Waals surface area contributed by atoms with Crippen LogP contribution in [-0.2, 0) is 17.7 Å². The summed E-state index contributed by atoms with van der Waals surface area (Å²) in [7, 11) is 0. The molecule has 0 spiro atoms. The first-order valence-electron chi connectivity index (χ1n) is 6.74. The van der Waals surface area contributed by atoms with Gasteiger partial charge in [0.15, 0.2) is 0 Å². The highest BCUT2D eigenvalue weighted by atomic mass is 16.5. The molecule has 1 fully saturated rings. The molecule has 0 radical (unpaired) electrons. The summed E-state index contributed by atoms with van der Waals surface area (Å²) in [5.74, 6) is 0.707. The van der Waals surface area contributed by atoms with Gasteiger partial charge in [-0.1, -0.05) is 31.2 Å². The first kappa shape index (κ1) is 12.6. The third-order valence-corrected chi connectivity index (χ3v) is 3.45. The molecule has 17 heavy (non-hydrogen) atoms. The summed E-state index contributed by atoms with van der Waals surface area (Å²) in [6.45, 7) is 6.13. The van der Waals surface area contributed by atoms with E-state index in [1.54, 1.807) is 0 Å². The topological polar surface area (TPSA) is 21.3 Å². The van der Waals surface area contributed by atoms with Crippen molar-refractivity contribution in [2.45, 2.75) is 32.7 Å². The standard InChI is InChI=1S/C15H23NO/c1-2-13-5-7-14(8-6-13)10-16-11-15-4-3-9-17-12-15/h5-8,15-16H,2-4,9-12H2,1H3. The van der Waals surface area contributed by atoms with E-state index in [0.29, 0.717) is 5.92 Å². The average molecular weight is 233 g/mol. The molecule has 1 aliphatic heterocycles. The van der Waals surface area contributed by atoms with Crippen LogP contribution in [-0.4, -0.2) is 19.8 Å². The van der Waals surface area contributed by atoms with Gasteiger partial charge in [0.2, 0.25) is 0 Å². The lowest BCUT2D eigenvalue weighted by atomic mass is 10.0. The number of hydrogen-bond acceptors (Lipinski definition) is 2. The Balaban J connectivity index is 1.69. The number of benzene rings is 1. The maximum atomic E-state index is 5.48. The summed E-state index contributed by atoms with van der Waals surface area (Å²) in [5.41, 5.74) is 2.79. The van der Waals surface area contributed by atoms with E-state index in [4.69, 9.17) is 4.74 Å². The number of nitrogens with one attached hydrogen (secondary N) is 1. The fourth-order valence-electron chi connectivity index (χ4n) is 2.28. The Labute approximate surface area is 104 Å². The van der Waals surface area contributed by atoms with Crippen molar-refractivity contribution in [1.29, 1.82) is 0 Å². The number of rotatable bonds is 5. The van der Waals surface area contributed by atoms with Crippen LogP contribution >= 0.6 is 0 Å². The molecule has 0 bridgehead atoms. The zero-order chi connectivity index (χ0) is 11.9. The van der Waals surface area contributed by atoms with E-state index < -0.39 is 0 Å². The van der Waals surface area contributed by atoms with Gasteiger partial charge in [0.25, 0.3) is 0 Å². The summed E-state index contributed by atoms with van der Waals surface area (Å²) in [5, 5.41) is 3.53. The van der Waals surface area contributed by atoms with Crippen molar-refractivity contribution in [3.63, 3.8) is 0 Å². The molecular weight excluding hydrogens is 210 g/mol. The van der Waals surface area contributed by atoms with Crippen molar-refractivity contribution in [3.8, 4) is 0 Å². The van der Waals surface area contributed by atoms with Gasteiger partial charge < -0.3 is 10.1 Å². The predicted molar refractivity (Wildman–Crippen MR) is 71.1 cm³/mol. The molecule has 1 heterocycles. The minimum Gasteiger partial charge on any atom is -0.381 e. The highest BCUT2D eigenvalue weighted by Gasteiger charge is 2.12. The maximum absolute atomic E-state index is 5.48. The molecule has 1 unspecified atom stereocenters. The van der Waals surface area contributed by atoms with Gasteiger partial charge in [-0.3, -0.25) is 0 Å². The Bertz CT molecular complexity index is 314. The Hall–Kier alpha value is -0.860. The molecule has 0 saturated carbocycles. The predicted octanol–water partition coefficient (Wildman–Crippen LogP) is 2.77. The summed E-state index contributed by atoms with van der Waals surface area (Å²) < 4.78 is 5.48. The molecule has 1 aromatic rings. The average Bonchev–Trinajstić information content (AvgIpc) is 2.41. The molecule has 0 amide bonds. The van der Waals surface area contributed by atoms with Gasteiger partial charge >= 0.3 is 0 Å². The fourth-order valence-corrected chi connectivity index (χ4v) is 2.28. The largest absolute Gasteiger partial charge is 0.381 e. The molecular formula is C15H23NO. The zero-order valence-corrected chi connectivity index (χ0v) is 10.7. The molecule has 1 atom stereocenters. The van der Waals surface area contributed by atoms with Gasteiger partial charge in [0.05, 0.1) is 6.61 Å². The van der Waals surface area contributed by atoms with Crippen LogP contribution in [0.3, 0.4) is 0 Å². The Kier molecular flexibility index (Phi) is 5.02. The molecule has 2 heteroatoms. The summed E-state index contributed by atoms with van der Waals surface area (Å²) in [4.78, 5) is 0. The van der Waals surface area contributed by atoms with Gasteiger partial charge in [-0.2, -0.15) is 0 Å². The third kappa shape index (κ3) is 4.14. The van der Waals surface area contributed by atoms with Crippen LogP contribution < -0.4 is 5.32 Å². The molecule has 1 saturated heterocycles. The quantitative estimate of drug-likeness (QED) is 0.844. The van der Waals surface area contributed by atoms with Crippen molar-refractivity contribution in [2.24, 2.45) is 5.92 Å². The van der Waals surface area contributed by atoms with Crippen LogP contribution in [0.2, 0.25) is 0 Å². The molecule has 1 aromatic carbocycles. The first-order valence-corrected chi connectivity index (χ1v) is 6.74. The minimum atomic E-state index is 0.707. The number of aryl methyl sites for hydroxylation is 1. The van der Waals surface area contributed by atoms with E-state index in [1.165, 1.54) is 24.0 Å². The van der Waals surface area contributed by atoms with Crippen LogP contribution in [0.15, 0.2) is 24.3 Å². The molecule has 1 aliphatic rings. The molecule has 0 aromatic heterocycles. The second-order valence-electron chi connectivity index (χ2n) is 4.88. The Morgan fingerprint density at radius 1 is 1.24 bits per heavy atom. The van der Waals surface area contributed by atoms with Crippen molar-refractivity contribution in [1.82, 2.24) is 5.32 Å². The van der Waals surface area contributed by atoms with Gasteiger partial charge in [0.1, 0.15) is 0 Å². The zero-order valence-electron chi connectivity index (χ0n) is 10.7. The highest BCUT2D eigenvalue weighted by Crippen LogP contribution is 2.12. The lowest BCUT2D eigenvalue weighted by molar-refractivity contribution is 0.0547. The van der Waals surface area contributed by atoms with Gasteiger partial charge in [-0.15, -0.1) is 0 Å². The second kappa shape index (κ2) is 6.77.